The highest BCUT2D eigenvalue weighted by atomic mass is 32.1. The van der Waals surface area contributed by atoms with Crippen molar-refractivity contribution in [2.24, 2.45) is 11.8 Å². The van der Waals surface area contributed by atoms with Crippen LogP contribution in [0.5, 0.6) is 0 Å². The lowest BCUT2D eigenvalue weighted by Gasteiger charge is -2.38. The van der Waals surface area contributed by atoms with Gasteiger partial charge in [-0.3, -0.25) is 0 Å². The van der Waals surface area contributed by atoms with Crippen molar-refractivity contribution in [2.75, 3.05) is 65.8 Å². The van der Waals surface area contributed by atoms with Crippen LogP contribution in [0, 0.1) is 11.8 Å². The van der Waals surface area contributed by atoms with E-state index in [2.05, 4.69) is 75.6 Å². The summed E-state index contributed by atoms with van der Waals surface area (Å²) in [7, 11) is 0. The Morgan fingerprint density at radius 3 is 2.16 bits per heavy atom. The van der Waals surface area contributed by atoms with E-state index in [0.717, 1.165) is 57.4 Å². The van der Waals surface area contributed by atoms with Gasteiger partial charge < -0.3 is 25.3 Å². The fourth-order valence-corrected chi connectivity index (χ4v) is 5.03. The molecule has 2 fully saturated rings. The molecule has 0 radical (unpaired) electrons. The normalized spacial score (nSPS) is 21.4. The number of hydrogen-bond acceptors (Lipinski definition) is 6. The Morgan fingerprint density at radius 1 is 0.938 bits per heavy atom. The molecule has 172 valence electrons. The van der Waals surface area contributed by atoms with E-state index in [1.54, 1.807) is 0 Å². The molecule has 0 saturated carbocycles. The van der Waals surface area contributed by atoms with Crippen molar-refractivity contribution >= 4 is 40.6 Å². The van der Waals surface area contributed by atoms with Crippen LogP contribution in [0.25, 0.3) is 0 Å². The predicted octanol–water partition coefficient (Wildman–Crippen LogP) is 3.59. The number of nitrogens with one attached hydrogen (secondary N) is 2. The molecule has 4 rings (SSSR count). The van der Waals surface area contributed by atoms with Gasteiger partial charge in [-0.05, 0) is 49.5 Å². The van der Waals surface area contributed by atoms with Gasteiger partial charge in [0.05, 0.1) is 0 Å². The van der Waals surface area contributed by atoms with Crippen LogP contribution >= 0.6 is 12.2 Å². The van der Waals surface area contributed by atoms with Crippen molar-refractivity contribution < 1.29 is 0 Å². The van der Waals surface area contributed by atoms with Crippen molar-refractivity contribution in [3.63, 3.8) is 0 Å². The minimum absolute atomic E-state index is 0.560. The molecule has 0 bridgehead atoms. The summed E-state index contributed by atoms with van der Waals surface area (Å²) in [5.41, 5.74) is 1.28. The van der Waals surface area contributed by atoms with Gasteiger partial charge in [0.15, 0.2) is 5.11 Å². The maximum atomic E-state index is 5.41. The fourth-order valence-electron chi connectivity index (χ4n) is 4.79. The Kier molecular flexibility index (Phi) is 7.29. The van der Waals surface area contributed by atoms with Crippen LogP contribution < -0.4 is 25.3 Å². The Balaban J connectivity index is 1.54. The third-order valence-electron chi connectivity index (χ3n) is 6.18. The lowest BCUT2D eigenvalue weighted by Crippen LogP contribution is -2.47. The van der Waals surface area contributed by atoms with Crippen molar-refractivity contribution in [2.45, 2.75) is 27.2 Å². The van der Waals surface area contributed by atoms with Gasteiger partial charge in [-0.1, -0.05) is 32.0 Å². The third-order valence-corrected chi connectivity index (χ3v) is 6.43. The largest absolute Gasteiger partial charge is 0.368 e. The highest BCUT2D eigenvalue weighted by molar-refractivity contribution is 7.80. The van der Waals surface area contributed by atoms with Crippen LogP contribution in [-0.4, -0.2) is 60.9 Å². The molecule has 2 aliphatic heterocycles. The van der Waals surface area contributed by atoms with Crippen molar-refractivity contribution in [3.8, 4) is 0 Å². The lowest BCUT2D eigenvalue weighted by molar-refractivity contribution is 0.355. The summed E-state index contributed by atoms with van der Waals surface area (Å²) in [6, 6.07) is 12.8. The monoisotopic (exact) mass is 453 g/mol. The fraction of sp³-hybridized carbons (Fsp3) is 0.542. The SMILES string of the molecule is CCNC(=S)Nc1nc(N2CCN(c3ccccc3)CC2)cc(N2C[C@@H](C)C[C@H](C)C2)n1. The molecule has 2 aliphatic rings. The van der Waals surface area contributed by atoms with Gasteiger partial charge in [0.1, 0.15) is 11.6 Å². The number of aromatic nitrogens is 2. The number of piperidine rings is 1. The van der Waals surface area contributed by atoms with Crippen molar-refractivity contribution in [1.82, 2.24) is 15.3 Å². The smallest absolute Gasteiger partial charge is 0.232 e. The zero-order valence-corrected chi connectivity index (χ0v) is 20.2. The van der Waals surface area contributed by atoms with Crippen LogP contribution in [-0.2, 0) is 0 Å². The average Bonchev–Trinajstić information content (AvgIpc) is 2.79. The van der Waals surface area contributed by atoms with Gasteiger partial charge in [-0.15, -0.1) is 0 Å². The molecule has 32 heavy (non-hydrogen) atoms. The Morgan fingerprint density at radius 2 is 1.53 bits per heavy atom. The molecule has 2 atom stereocenters. The van der Waals surface area contributed by atoms with E-state index in [1.165, 1.54) is 12.1 Å². The molecule has 1 aromatic heterocycles. The first kappa shape index (κ1) is 22.6. The molecule has 0 amide bonds. The maximum Gasteiger partial charge on any atom is 0.232 e. The predicted molar refractivity (Wildman–Crippen MR) is 138 cm³/mol. The molecule has 7 nitrogen and oxygen atoms in total. The number of benzene rings is 1. The highest BCUT2D eigenvalue weighted by Gasteiger charge is 2.25. The topological polar surface area (TPSA) is 59.6 Å². The minimum atomic E-state index is 0.560. The molecule has 0 unspecified atom stereocenters. The van der Waals surface area contributed by atoms with Gasteiger partial charge in [0, 0.05) is 57.6 Å². The summed E-state index contributed by atoms with van der Waals surface area (Å²) in [6.07, 6.45) is 1.27. The Labute approximate surface area is 197 Å². The van der Waals surface area contributed by atoms with Gasteiger partial charge in [0.25, 0.3) is 0 Å². The van der Waals surface area contributed by atoms with E-state index >= 15 is 0 Å². The van der Waals surface area contributed by atoms with Gasteiger partial charge in [-0.2, -0.15) is 9.97 Å². The second-order valence-electron chi connectivity index (χ2n) is 9.05. The number of para-hydroxylation sites is 1. The van der Waals surface area contributed by atoms with Crippen LogP contribution in [0.3, 0.4) is 0 Å². The standard InChI is InChI=1S/C24H35N7S/c1-4-25-24(32)28-23-26-21(15-22(27-23)31-16-18(2)14-19(3)17-31)30-12-10-29(11-13-30)20-8-6-5-7-9-20/h5-9,15,18-19H,4,10-14,16-17H2,1-3H3,(H2,25,26,27,28,32)/t18-,19-/m0/s1. The number of anilines is 4. The molecule has 3 heterocycles. The molecule has 0 spiro atoms. The Bertz CT molecular complexity index is 888. The van der Waals surface area contributed by atoms with Crippen LogP contribution in [0.4, 0.5) is 23.3 Å². The summed E-state index contributed by atoms with van der Waals surface area (Å²) in [5.74, 6) is 3.84. The molecule has 2 N–H and O–H groups in total. The zero-order chi connectivity index (χ0) is 22.5. The first-order valence-electron chi connectivity index (χ1n) is 11.8. The summed E-state index contributed by atoms with van der Waals surface area (Å²) in [5, 5.41) is 6.89. The molecule has 0 aliphatic carbocycles. The molecule has 1 aromatic carbocycles. The summed E-state index contributed by atoms with van der Waals surface area (Å²) >= 11 is 5.41. The van der Waals surface area contributed by atoms with Crippen LogP contribution in [0.15, 0.2) is 36.4 Å². The second-order valence-corrected chi connectivity index (χ2v) is 9.46. The van der Waals surface area contributed by atoms with E-state index in [-0.39, 0.29) is 0 Å². The number of thiocarbonyl (C=S) groups is 1. The van der Waals surface area contributed by atoms with Gasteiger partial charge >= 0.3 is 0 Å². The van der Waals surface area contributed by atoms with Crippen LogP contribution in [0.1, 0.15) is 27.2 Å². The molecular formula is C24H35N7S. The molecule has 2 aromatic rings. The van der Waals surface area contributed by atoms with E-state index in [1.807, 2.05) is 6.92 Å². The van der Waals surface area contributed by atoms with Gasteiger partial charge in [-0.25, -0.2) is 0 Å². The number of rotatable bonds is 5. The van der Waals surface area contributed by atoms with E-state index in [9.17, 15) is 0 Å². The quantitative estimate of drug-likeness (QED) is 0.666. The third kappa shape index (κ3) is 5.59. The average molecular weight is 454 g/mol. The lowest BCUT2D eigenvalue weighted by atomic mass is 9.92. The summed E-state index contributed by atoms with van der Waals surface area (Å²) in [4.78, 5) is 16.9. The van der Waals surface area contributed by atoms with Crippen LogP contribution in [0.2, 0.25) is 0 Å². The minimum Gasteiger partial charge on any atom is -0.368 e. The summed E-state index contributed by atoms with van der Waals surface area (Å²) < 4.78 is 0. The second kappa shape index (κ2) is 10.3. The van der Waals surface area contributed by atoms with Gasteiger partial charge in [0.2, 0.25) is 5.95 Å². The van der Waals surface area contributed by atoms with E-state index < -0.39 is 0 Å². The first-order chi connectivity index (χ1) is 15.5. The van der Waals surface area contributed by atoms with Crippen molar-refractivity contribution in [3.05, 3.63) is 36.4 Å². The zero-order valence-electron chi connectivity index (χ0n) is 19.4. The van der Waals surface area contributed by atoms with E-state index in [0.29, 0.717) is 22.9 Å². The van der Waals surface area contributed by atoms with Crippen molar-refractivity contribution in [1.29, 1.82) is 0 Å². The first-order valence-corrected chi connectivity index (χ1v) is 12.2. The number of nitrogens with zero attached hydrogens (tertiary/aromatic N) is 5. The highest BCUT2D eigenvalue weighted by Crippen LogP contribution is 2.29. The summed E-state index contributed by atoms with van der Waals surface area (Å²) in [6.45, 7) is 13.3. The maximum absolute atomic E-state index is 5.41. The number of piperazine rings is 1. The van der Waals surface area contributed by atoms with E-state index in [4.69, 9.17) is 22.2 Å². The Hall–Kier alpha value is -2.61. The molecule has 2 saturated heterocycles. The molecule has 8 heteroatoms. The number of hydrogen-bond donors (Lipinski definition) is 2. The molecular weight excluding hydrogens is 418 g/mol.